The second kappa shape index (κ2) is 11.8. The number of carbonyl (C=O) groups excluding carboxylic acids is 2. The van der Waals surface area contributed by atoms with Gasteiger partial charge in [0, 0.05) is 44.4 Å². The maximum Gasteiger partial charge on any atom is 0.418 e. The summed E-state index contributed by atoms with van der Waals surface area (Å²) in [6, 6.07) is 1.84. The minimum atomic E-state index is -4.70. The van der Waals surface area contributed by atoms with Crippen LogP contribution in [0.4, 0.5) is 24.8 Å². The first-order chi connectivity index (χ1) is 19.5. The van der Waals surface area contributed by atoms with Crippen molar-refractivity contribution in [1.82, 2.24) is 30.2 Å². The van der Waals surface area contributed by atoms with Gasteiger partial charge < -0.3 is 20.2 Å². The summed E-state index contributed by atoms with van der Waals surface area (Å²) in [5, 5.41) is 16.0. The number of amides is 2. The monoisotopic (exact) mass is 610 g/mol. The van der Waals surface area contributed by atoms with E-state index < -0.39 is 34.9 Å². The van der Waals surface area contributed by atoms with Gasteiger partial charge in [-0.25, -0.2) is 19.9 Å². The van der Waals surface area contributed by atoms with Crippen molar-refractivity contribution in [3.8, 4) is 0 Å². The average Bonchev–Trinajstić information content (AvgIpc) is 3.68. The Morgan fingerprint density at radius 3 is 2.51 bits per heavy atom. The van der Waals surface area contributed by atoms with Gasteiger partial charge in [-0.1, -0.05) is 11.6 Å². The molecule has 0 spiro atoms. The van der Waals surface area contributed by atoms with E-state index in [2.05, 4.69) is 30.6 Å². The number of rotatable bonds is 8. The van der Waals surface area contributed by atoms with Gasteiger partial charge in [0.2, 0.25) is 5.91 Å². The summed E-state index contributed by atoms with van der Waals surface area (Å²) in [4.78, 5) is 45.4. The molecule has 3 aromatic rings. The van der Waals surface area contributed by atoms with Crippen molar-refractivity contribution in [3.05, 3.63) is 57.0 Å². The number of aliphatic hydroxyl groups is 1. The molecule has 2 amide bonds. The molecule has 41 heavy (non-hydrogen) atoms. The van der Waals surface area contributed by atoms with Crippen LogP contribution in [-0.4, -0.2) is 67.9 Å². The molecule has 0 aromatic carbocycles. The fraction of sp³-hybridized carbons (Fsp3) is 0.440. The SMILES string of the molecule is CC(NC(O)c1cc(N2CCN(C(=O)C3CC3)CC2)ncn1)c1ncc(C(=O)Nc2cc(C(F)(F)F)c(Cl)cn2)s1. The number of hydrogen-bond donors (Lipinski definition) is 3. The normalized spacial score (nSPS) is 17.3. The third-order valence-corrected chi connectivity index (χ3v) is 8.20. The van der Waals surface area contributed by atoms with E-state index in [9.17, 15) is 27.9 Å². The lowest BCUT2D eigenvalue weighted by Gasteiger charge is -2.35. The van der Waals surface area contributed by atoms with Crippen molar-refractivity contribution in [2.45, 2.75) is 38.2 Å². The van der Waals surface area contributed by atoms with Crippen molar-refractivity contribution in [3.63, 3.8) is 0 Å². The number of piperazine rings is 1. The Morgan fingerprint density at radius 1 is 1.10 bits per heavy atom. The molecule has 218 valence electrons. The molecule has 5 rings (SSSR count). The van der Waals surface area contributed by atoms with Gasteiger partial charge in [0.05, 0.1) is 28.5 Å². The predicted molar refractivity (Wildman–Crippen MR) is 144 cm³/mol. The molecule has 4 heterocycles. The largest absolute Gasteiger partial charge is 0.418 e. The van der Waals surface area contributed by atoms with E-state index in [0.717, 1.165) is 30.4 Å². The van der Waals surface area contributed by atoms with Gasteiger partial charge in [0.15, 0.2) is 0 Å². The molecule has 1 aliphatic carbocycles. The summed E-state index contributed by atoms with van der Waals surface area (Å²) in [7, 11) is 0. The van der Waals surface area contributed by atoms with Crippen LogP contribution in [0.1, 0.15) is 58.0 Å². The zero-order chi connectivity index (χ0) is 29.3. The van der Waals surface area contributed by atoms with Crippen molar-refractivity contribution in [2.75, 3.05) is 36.4 Å². The molecule has 2 fully saturated rings. The zero-order valence-electron chi connectivity index (χ0n) is 21.7. The fourth-order valence-corrected chi connectivity index (χ4v) is 5.35. The summed E-state index contributed by atoms with van der Waals surface area (Å²) < 4.78 is 39.3. The number of aliphatic hydroxyl groups excluding tert-OH is 1. The van der Waals surface area contributed by atoms with Crippen molar-refractivity contribution in [1.29, 1.82) is 0 Å². The van der Waals surface area contributed by atoms with E-state index in [0.29, 0.717) is 48.8 Å². The second-order valence-corrected chi connectivity index (χ2v) is 11.2. The van der Waals surface area contributed by atoms with Crippen LogP contribution in [0.2, 0.25) is 5.02 Å². The van der Waals surface area contributed by atoms with Gasteiger partial charge >= 0.3 is 6.18 Å². The molecule has 3 N–H and O–H groups in total. The van der Waals surface area contributed by atoms with Crippen LogP contribution in [-0.2, 0) is 11.0 Å². The van der Waals surface area contributed by atoms with Gasteiger partial charge in [0.1, 0.15) is 34.1 Å². The quantitative estimate of drug-likeness (QED) is 0.326. The molecule has 1 saturated carbocycles. The number of anilines is 2. The molecular formula is C25H26ClF3N8O3S. The van der Waals surface area contributed by atoms with Crippen LogP contribution in [0.3, 0.4) is 0 Å². The Kier molecular flexibility index (Phi) is 8.40. The van der Waals surface area contributed by atoms with E-state index >= 15 is 0 Å². The number of alkyl halides is 3. The van der Waals surface area contributed by atoms with Crippen LogP contribution in [0.5, 0.6) is 0 Å². The number of nitrogens with one attached hydrogen (secondary N) is 2. The topological polar surface area (TPSA) is 136 Å². The molecule has 2 aliphatic rings. The Balaban J connectivity index is 1.17. The van der Waals surface area contributed by atoms with E-state index in [4.69, 9.17) is 11.6 Å². The average molecular weight is 611 g/mol. The molecule has 3 aromatic heterocycles. The molecule has 0 bridgehead atoms. The van der Waals surface area contributed by atoms with Crippen LogP contribution < -0.4 is 15.5 Å². The molecule has 0 radical (unpaired) electrons. The fourth-order valence-electron chi connectivity index (χ4n) is 4.32. The summed E-state index contributed by atoms with van der Waals surface area (Å²) >= 11 is 6.59. The van der Waals surface area contributed by atoms with E-state index in [1.165, 1.54) is 12.5 Å². The number of aromatic nitrogens is 4. The van der Waals surface area contributed by atoms with E-state index in [1.54, 1.807) is 13.0 Å². The summed E-state index contributed by atoms with van der Waals surface area (Å²) in [5.74, 6) is 0.0506. The molecule has 1 saturated heterocycles. The highest BCUT2D eigenvalue weighted by Crippen LogP contribution is 2.35. The molecule has 2 unspecified atom stereocenters. The molecule has 11 nitrogen and oxygen atoms in total. The molecule has 1 aliphatic heterocycles. The summed E-state index contributed by atoms with van der Waals surface area (Å²) in [6.07, 6.45) is -0.459. The Hall–Kier alpha value is -3.40. The first kappa shape index (κ1) is 29.1. The van der Waals surface area contributed by atoms with Crippen molar-refractivity contribution < 1.29 is 27.9 Å². The minimum absolute atomic E-state index is 0.136. The number of pyridine rings is 1. The standard InChI is InChI=1S/C25H26ClF3N8O3S/c1-13(23-31-11-18(41-23)22(39)35-19-8-15(25(27,28)29)16(26)10-30-19)34-21(38)17-9-20(33-12-32-17)36-4-6-37(7-5-36)24(40)14-2-3-14/h8-14,21,34,38H,2-7H2,1H3,(H,30,35,39). The third kappa shape index (κ3) is 6.92. The number of halogens is 4. The number of nitrogens with zero attached hydrogens (tertiary/aromatic N) is 6. The van der Waals surface area contributed by atoms with Crippen LogP contribution in [0.15, 0.2) is 30.9 Å². The molecule has 16 heteroatoms. The Morgan fingerprint density at radius 2 is 1.83 bits per heavy atom. The van der Waals surface area contributed by atoms with Gasteiger partial charge in [-0.05, 0) is 25.8 Å². The van der Waals surface area contributed by atoms with Gasteiger partial charge in [0.25, 0.3) is 5.91 Å². The number of thiazole rings is 1. The molecular weight excluding hydrogens is 585 g/mol. The maximum absolute atomic E-state index is 13.1. The highest BCUT2D eigenvalue weighted by atomic mass is 35.5. The van der Waals surface area contributed by atoms with Crippen LogP contribution in [0.25, 0.3) is 0 Å². The van der Waals surface area contributed by atoms with Gasteiger partial charge in [-0.3, -0.25) is 14.9 Å². The zero-order valence-corrected chi connectivity index (χ0v) is 23.3. The van der Waals surface area contributed by atoms with E-state index in [1.807, 2.05) is 9.80 Å². The summed E-state index contributed by atoms with van der Waals surface area (Å²) in [6.45, 7) is 4.22. The number of carbonyl (C=O) groups is 2. The molecule has 2 atom stereocenters. The Bertz CT molecular complexity index is 1430. The summed E-state index contributed by atoms with van der Waals surface area (Å²) in [5.41, 5.74) is -0.776. The minimum Gasteiger partial charge on any atom is -0.373 e. The highest BCUT2D eigenvalue weighted by Gasteiger charge is 2.35. The smallest absolute Gasteiger partial charge is 0.373 e. The lowest BCUT2D eigenvalue weighted by molar-refractivity contribution is -0.137. The predicted octanol–water partition coefficient (Wildman–Crippen LogP) is 3.65. The van der Waals surface area contributed by atoms with Gasteiger partial charge in [-0.2, -0.15) is 13.2 Å². The Labute approximate surface area is 241 Å². The van der Waals surface area contributed by atoms with Crippen molar-refractivity contribution >= 4 is 46.4 Å². The lowest BCUT2D eigenvalue weighted by Crippen LogP contribution is -2.49. The second-order valence-electron chi connectivity index (χ2n) is 9.74. The maximum atomic E-state index is 13.1. The van der Waals surface area contributed by atoms with E-state index in [-0.39, 0.29) is 22.5 Å². The first-order valence-corrected chi connectivity index (χ1v) is 14.0. The number of hydrogen-bond acceptors (Lipinski definition) is 10. The first-order valence-electron chi connectivity index (χ1n) is 12.8. The highest BCUT2D eigenvalue weighted by molar-refractivity contribution is 7.13. The van der Waals surface area contributed by atoms with Gasteiger partial charge in [-0.15, -0.1) is 11.3 Å². The van der Waals surface area contributed by atoms with Crippen molar-refractivity contribution in [2.24, 2.45) is 5.92 Å². The lowest BCUT2D eigenvalue weighted by atomic mass is 10.2. The van der Waals surface area contributed by atoms with Crippen LogP contribution in [0, 0.1) is 5.92 Å². The van der Waals surface area contributed by atoms with Crippen LogP contribution >= 0.6 is 22.9 Å². The third-order valence-electron chi connectivity index (χ3n) is 6.72.